The maximum absolute atomic E-state index is 13.3. The number of ether oxygens (including phenoxy) is 1. The van der Waals surface area contributed by atoms with E-state index in [0.717, 1.165) is 27.1 Å². The zero-order valence-electron chi connectivity index (χ0n) is 16.1. The van der Waals surface area contributed by atoms with E-state index in [4.69, 9.17) is 4.74 Å². The summed E-state index contributed by atoms with van der Waals surface area (Å²) in [6, 6.07) is 22.8. The van der Waals surface area contributed by atoms with Crippen LogP contribution >= 0.6 is 11.3 Å². The van der Waals surface area contributed by atoms with Crippen molar-refractivity contribution >= 4 is 38.8 Å². The second-order valence-electron chi connectivity index (χ2n) is 6.47. The number of carbonyl (C=O) groups is 1. The van der Waals surface area contributed by atoms with Gasteiger partial charge in [-0.2, -0.15) is 10.1 Å². The van der Waals surface area contributed by atoms with Crippen molar-refractivity contribution in [1.29, 1.82) is 0 Å². The number of aryl methyl sites for hydroxylation is 1. The van der Waals surface area contributed by atoms with E-state index in [1.54, 1.807) is 19.4 Å². The van der Waals surface area contributed by atoms with E-state index in [0.29, 0.717) is 10.7 Å². The lowest BCUT2D eigenvalue weighted by molar-refractivity contribution is 0.0987. The first-order valence-corrected chi connectivity index (χ1v) is 9.90. The largest absolute Gasteiger partial charge is 0.497 e. The molecule has 29 heavy (non-hydrogen) atoms. The fourth-order valence-electron chi connectivity index (χ4n) is 2.86. The monoisotopic (exact) mass is 401 g/mol. The van der Waals surface area contributed by atoms with Crippen molar-refractivity contribution in [3.05, 3.63) is 89.5 Å². The van der Waals surface area contributed by atoms with E-state index >= 15 is 0 Å². The first-order valence-electron chi connectivity index (χ1n) is 9.09. The molecule has 0 fully saturated rings. The summed E-state index contributed by atoms with van der Waals surface area (Å²) in [4.78, 5) is 17.9. The number of nitrogens with zero attached hydrogens (tertiary/aromatic N) is 3. The smallest absolute Gasteiger partial charge is 0.280 e. The molecule has 1 aromatic heterocycles. The van der Waals surface area contributed by atoms with Crippen molar-refractivity contribution in [3.8, 4) is 5.75 Å². The normalized spacial score (nSPS) is 11.1. The number of hydrogen-bond donors (Lipinski definition) is 0. The fourth-order valence-corrected chi connectivity index (χ4v) is 3.81. The van der Waals surface area contributed by atoms with E-state index in [2.05, 4.69) is 10.1 Å². The van der Waals surface area contributed by atoms with Crippen molar-refractivity contribution in [2.75, 3.05) is 12.1 Å². The van der Waals surface area contributed by atoms with Gasteiger partial charge in [-0.25, -0.2) is 4.98 Å². The second-order valence-corrected chi connectivity index (χ2v) is 7.48. The van der Waals surface area contributed by atoms with Crippen LogP contribution in [0, 0.1) is 6.92 Å². The molecule has 1 heterocycles. The molecule has 0 bridgehead atoms. The number of hydrazone groups is 1. The quantitative estimate of drug-likeness (QED) is 0.337. The zero-order chi connectivity index (χ0) is 20.2. The maximum Gasteiger partial charge on any atom is 0.280 e. The van der Waals surface area contributed by atoms with Crippen LogP contribution in [0.3, 0.4) is 0 Å². The molecule has 0 aliphatic carbocycles. The number of hydrogen-bond acceptors (Lipinski definition) is 5. The number of thiazole rings is 1. The summed E-state index contributed by atoms with van der Waals surface area (Å²) >= 11 is 1.40. The molecule has 1 amide bonds. The predicted octanol–water partition coefficient (Wildman–Crippen LogP) is 5.29. The number of carbonyl (C=O) groups excluding carboxylic acids is 1. The van der Waals surface area contributed by atoms with Crippen LogP contribution in [0.2, 0.25) is 0 Å². The lowest BCUT2D eigenvalue weighted by Crippen LogP contribution is -2.25. The lowest BCUT2D eigenvalue weighted by atomic mass is 10.1. The minimum absolute atomic E-state index is 0.230. The Hall–Kier alpha value is -3.51. The minimum Gasteiger partial charge on any atom is -0.497 e. The topological polar surface area (TPSA) is 54.8 Å². The van der Waals surface area contributed by atoms with Crippen LogP contribution < -0.4 is 9.75 Å². The molecular weight excluding hydrogens is 382 g/mol. The lowest BCUT2D eigenvalue weighted by Gasteiger charge is -2.14. The molecule has 0 N–H and O–H groups in total. The standard InChI is InChI=1S/C23H19N3O2S/c1-16-7-6-10-18(13-16)22(27)26(24-15-17-8-4-3-5-9-17)23-25-20-12-11-19(28-2)14-21(20)29-23/h3-15H,1-2H3/b24-15+. The molecule has 5 nitrogen and oxygen atoms in total. The van der Waals surface area contributed by atoms with Crippen LogP contribution in [-0.4, -0.2) is 24.2 Å². The van der Waals surface area contributed by atoms with Gasteiger partial charge in [-0.05, 0) is 42.8 Å². The van der Waals surface area contributed by atoms with Crippen molar-refractivity contribution in [2.45, 2.75) is 6.92 Å². The Morgan fingerprint density at radius 1 is 1.07 bits per heavy atom. The van der Waals surface area contributed by atoms with Gasteiger partial charge in [0.1, 0.15) is 5.75 Å². The molecule has 0 spiro atoms. The van der Waals surface area contributed by atoms with Gasteiger partial charge in [0.05, 0.1) is 23.5 Å². The Morgan fingerprint density at radius 2 is 1.90 bits per heavy atom. The molecule has 0 saturated carbocycles. The van der Waals surface area contributed by atoms with Crippen molar-refractivity contribution in [2.24, 2.45) is 5.10 Å². The number of amides is 1. The van der Waals surface area contributed by atoms with Gasteiger partial charge in [0.25, 0.3) is 5.91 Å². The molecule has 6 heteroatoms. The predicted molar refractivity (Wildman–Crippen MR) is 118 cm³/mol. The maximum atomic E-state index is 13.3. The van der Waals surface area contributed by atoms with Crippen LogP contribution in [-0.2, 0) is 0 Å². The summed E-state index contributed by atoms with van der Waals surface area (Å²) in [5, 5.41) is 6.35. The number of aromatic nitrogens is 1. The Morgan fingerprint density at radius 3 is 2.66 bits per heavy atom. The summed E-state index contributed by atoms with van der Waals surface area (Å²) in [6.45, 7) is 1.96. The van der Waals surface area contributed by atoms with Crippen molar-refractivity contribution < 1.29 is 9.53 Å². The van der Waals surface area contributed by atoms with Crippen LogP contribution in [0.5, 0.6) is 5.75 Å². The first-order chi connectivity index (χ1) is 14.1. The summed E-state index contributed by atoms with van der Waals surface area (Å²) in [5.74, 6) is 0.518. The molecule has 3 aromatic carbocycles. The Balaban J connectivity index is 1.77. The summed E-state index contributed by atoms with van der Waals surface area (Å²) in [6.07, 6.45) is 1.67. The third kappa shape index (κ3) is 4.17. The van der Waals surface area contributed by atoms with Gasteiger partial charge >= 0.3 is 0 Å². The minimum atomic E-state index is -0.230. The van der Waals surface area contributed by atoms with Crippen LogP contribution in [0.1, 0.15) is 21.5 Å². The molecule has 4 rings (SSSR count). The van der Waals surface area contributed by atoms with E-state index in [9.17, 15) is 4.79 Å². The molecule has 0 aliphatic rings. The molecule has 0 aliphatic heterocycles. The average Bonchev–Trinajstić information content (AvgIpc) is 3.17. The SMILES string of the molecule is COc1ccc2nc(N(/N=C/c3ccccc3)C(=O)c3cccc(C)c3)sc2c1. The third-order valence-electron chi connectivity index (χ3n) is 4.34. The summed E-state index contributed by atoms with van der Waals surface area (Å²) < 4.78 is 6.22. The van der Waals surface area contributed by atoms with Crippen LogP contribution in [0.4, 0.5) is 5.13 Å². The third-order valence-corrected chi connectivity index (χ3v) is 5.34. The highest BCUT2D eigenvalue weighted by Crippen LogP contribution is 2.32. The van der Waals surface area contributed by atoms with Gasteiger partial charge in [0.2, 0.25) is 5.13 Å². The van der Waals surface area contributed by atoms with Crippen LogP contribution in [0.25, 0.3) is 10.2 Å². The molecule has 144 valence electrons. The highest BCUT2D eigenvalue weighted by Gasteiger charge is 2.21. The highest BCUT2D eigenvalue weighted by atomic mass is 32.1. The zero-order valence-corrected chi connectivity index (χ0v) is 16.9. The number of methoxy groups -OCH3 is 1. The Bertz CT molecular complexity index is 1190. The van der Waals surface area contributed by atoms with Gasteiger partial charge in [0.15, 0.2) is 0 Å². The Labute approximate surface area is 172 Å². The Kier molecular flexibility index (Phi) is 5.35. The van der Waals surface area contributed by atoms with Crippen molar-refractivity contribution in [1.82, 2.24) is 4.98 Å². The van der Waals surface area contributed by atoms with E-state index in [1.165, 1.54) is 16.3 Å². The van der Waals surface area contributed by atoms with Gasteiger partial charge in [-0.1, -0.05) is 59.4 Å². The van der Waals surface area contributed by atoms with E-state index < -0.39 is 0 Å². The average molecular weight is 401 g/mol. The number of fused-ring (bicyclic) bond motifs is 1. The van der Waals surface area contributed by atoms with Gasteiger partial charge in [-0.3, -0.25) is 4.79 Å². The second kappa shape index (κ2) is 8.24. The van der Waals surface area contributed by atoms with Crippen LogP contribution in [0.15, 0.2) is 77.9 Å². The number of anilines is 1. The highest BCUT2D eigenvalue weighted by molar-refractivity contribution is 7.22. The number of rotatable bonds is 5. The van der Waals surface area contributed by atoms with E-state index in [-0.39, 0.29) is 5.91 Å². The molecule has 0 unspecified atom stereocenters. The molecule has 4 aromatic rings. The molecule has 0 radical (unpaired) electrons. The molecule has 0 atom stereocenters. The van der Waals surface area contributed by atoms with E-state index in [1.807, 2.05) is 73.7 Å². The summed E-state index contributed by atoms with van der Waals surface area (Å²) in [7, 11) is 1.63. The van der Waals surface area contributed by atoms with Crippen molar-refractivity contribution in [3.63, 3.8) is 0 Å². The summed E-state index contributed by atoms with van der Waals surface area (Å²) in [5.41, 5.74) is 3.27. The molecular formula is C23H19N3O2S. The van der Waals surface area contributed by atoms with Gasteiger partial charge < -0.3 is 4.74 Å². The fraction of sp³-hybridized carbons (Fsp3) is 0.0870. The molecule has 0 saturated heterocycles. The van der Waals surface area contributed by atoms with Gasteiger partial charge in [0, 0.05) is 5.56 Å². The van der Waals surface area contributed by atoms with Gasteiger partial charge in [-0.15, -0.1) is 0 Å². The number of benzene rings is 3. The first kappa shape index (κ1) is 18.8.